The molecule has 5 heteroatoms. The molecule has 0 radical (unpaired) electrons. The van der Waals surface area contributed by atoms with Crippen LogP contribution in [0, 0.1) is 6.92 Å². The first-order chi connectivity index (χ1) is 11.6. The van der Waals surface area contributed by atoms with E-state index in [2.05, 4.69) is 10.6 Å². The van der Waals surface area contributed by atoms with Crippen molar-refractivity contribution in [2.24, 2.45) is 0 Å². The molecule has 24 heavy (non-hydrogen) atoms. The van der Waals surface area contributed by atoms with Gasteiger partial charge in [-0.15, -0.1) is 0 Å². The van der Waals surface area contributed by atoms with Crippen LogP contribution in [-0.2, 0) is 4.79 Å². The number of amides is 1. The summed E-state index contributed by atoms with van der Waals surface area (Å²) in [7, 11) is 0. The van der Waals surface area contributed by atoms with Crippen molar-refractivity contribution in [1.29, 1.82) is 0 Å². The zero-order chi connectivity index (χ0) is 17.4. The van der Waals surface area contributed by atoms with Crippen LogP contribution in [0.15, 0.2) is 54.6 Å². The predicted octanol–water partition coefficient (Wildman–Crippen LogP) is 3.92. The van der Waals surface area contributed by atoms with E-state index >= 15 is 0 Å². The van der Waals surface area contributed by atoms with Crippen LogP contribution in [0.1, 0.15) is 18.1 Å². The summed E-state index contributed by atoms with van der Waals surface area (Å²) in [6.07, 6.45) is 3.17. The zero-order valence-corrected chi connectivity index (χ0v) is 14.5. The van der Waals surface area contributed by atoms with E-state index in [4.69, 9.17) is 17.0 Å². The first-order valence-corrected chi connectivity index (χ1v) is 8.07. The topological polar surface area (TPSA) is 50.4 Å². The maximum atomic E-state index is 11.9. The third-order valence-corrected chi connectivity index (χ3v) is 3.34. The van der Waals surface area contributed by atoms with Crippen LogP contribution in [0.2, 0.25) is 0 Å². The van der Waals surface area contributed by atoms with Crippen LogP contribution >= 0.6 is 12.2 Å². The number of hydrogen-bond donors (Lipinski definition) is 2. The molecule has 0 bridgehead atoms. The van der Waals surface area contributed by atoms with Crippen molar-refractivity contribution in [3.63, 3.8) is 0 Å². The molecule has 2 aromatic carbocycles. The Labute approximate surface area is 147 Å². The molecule has 1 amide bonds. The van der Waals surface area contributed by atoms with E-state index < -0.39 is 0 Å². The van der Waals surface area contributed by atoms with Crippen LogP contribution in [-0.4, -0.2) is 17.6 Å². The van der Waals surface area contributed by atoms with E-state index in [9.17, 15) is 4.79 Å². The van der Waals surface area contributed by atoms with E-state index in [-0.39, 0.29) is 11.0 Å². The average Bonchev–Trinajstić information content (AvgIpc) is 2.54. The second-order valence-corrected chi connectivity index (χ2v) is 5.56. The highest BCUT2D eigenvalue weighted by Crippen LogP contribution is 2.13. The van der Waals surface area contributed by atoms with Gasteiger partial charge < -0.3 is 10.1 Å². The summed E-state index contributed by atoms with van der Waals surface area (Å²) in [6.45, 7) is 4.56. The number of thiocarbonyl (C=S) groups is 1. The quantitative estimate of drug-likeness (QED) is 0.640. The van der Waals surface area contributed by atoms with Crippen molar-refractivity contribution in [2.75, 3.05) is 11.9 Å². The summed E-state index contributed by atoms with van der Waals surface area (Å²) in [5.74, 6) is 0.525. The third-order valence-electron chi connectivity index (χ3n) is 3.13. The third kappa shape index (κ3) is 5.85. The molecule has 2 aromatic rings. The summed E-state index contributed by atoms with van der Waals surface area (Å²) < 4.78 is 5.38. The highest BCUT2D eigenvalue weighted by atomic mass is 32.1. The van der Waals surface area contributed by atoms with Gasteiger partial charge >= 0.3 is 0 Å². The first-order valence-electron chi connectivity index (χ1n) is 7.66. The summed E-state index contributed by atoms with van der Waals surface area (Å²) in [5.41, 5.74) is 2.87. The van der Waals surface area contributed by atoms with Gasteiger partial charge in [0.2, 0.25) is 5.91 Å². The number of nitrogens with one attached hydrogen (secondary N) is 2. The van der Waals surface area contributed by atoms with Gasteiger partial charge in [-0.05, 0) is 67.5 Å². The molecule has 0 heterocycles. The van der Waals surface area contributed by atoms with E-state index in [0.717, 1.165) is 22.6 Å². The monoisotopic (exact) mass is 340 g/mol. The molecule has 0 fully saturated rings. The molecule has 0 aliphatic rings. The number of carbonyl (C=O) groups excluding carboxylic acids is 1. The molecule has 2 N–H and O–H groups in total. The fraction of sp³-hybridized carbons (Fsp3) is 0.158. The molecule has 0 unspecified atom stereocenters. The molecular weight excluding hydrogens is 320 g/mol. The molecule has 0 spiro atoms. The van der Waals surface area contributed by atoms with E-state index in [0.29, 0.717) is 6.61 Å². The van der Waals surface area contributed by atoms with Gasteiger partial charge in [-0.25, -0.2) is 0 Å². The van der Waals surface area contributed by atoms with Crippen molar-refractivity contribution in [2.45, 2.75) is 13.8 Å². The highest BCUT2D eigenvalue weighted by Gasteiger charge is 2.02. The van der Waals surface area contributed by atoms with Crippen molar-refractivity contribution in [1.82, 2.24) is 5.32 Å². The minimum atomic E-state index is -0.283. The fourth-order valence-electron chi connectivity index (χ4n) is 2.05. The molecule has 124 valence electrons. The lowest BCUT2D eigenvalue weighted by Gasteiger charge is -2.08. The van der Waals surface area contributed by atoms with E-state index in [1.165, 1.54) is 6.08 Å². The van der Waals surface area contributed by atoms with Gasteiger partial charge in [0.25, 0.3) is 0 Å². The molecular formula is C19H20N2O2S. The number of benzene rings is 2. The average molecular weight is 340 g/mol. The Morgan fingerprint density at radius 1 is 1.21 bits per heavy atom. The molecule has 0 aliphatic heterocycles. The maximum absolute atomic E-state index is 11.9. The SMILES string of the molecule is CCOc1ccc(/C=C/C(=O)NC(=S)Nc2cccc(C)c2)cc1. The van der Waals surface area contributed by atoms with Crippen molar-refractivity contribution >= 4 is 35.0 Å². The van der Waals surface area contributed by atoms with Crippen molar-refractivity contribution in [3.8, 4) is 5.75 Å². The minimum Gasteiger partial charge on any atom is -0.494 e. The molecule has 0 aliphatic carbocycles. The first kappa shape index (κ1) is 17.7. The summed E-state index contributed by atoms with van der Waals surface area (Å²) in [5, 5.41) is 5.87. The van der Waals surface area contributed by atoms with Crippen molar-refractivity contribution < 1.29 is 9.53 Å². The van der Waals surface area contributed by atoms with Gasteiger partial charge in [0, 0.05) is 11.8 Å². The number of anilines is 1. The Morgan fingerprint density at radius 2 is 1.96 bits per heavy atom. The van der Waals surface area contributed by atoms with Gasteiger partial charge in [0.1, 0.15) is 5.75 Å². The van der Waals surface area contributed by atoms with Crippen molar-refractivity contribution in [3.05, 3.63) is 65.7 Å². The van der Waals surface area contributed by atoms with Gasteiger partial charge in [-0.1, -0.05) is 24.3 Å². The minimum absolute atomic E-state index is 0.266. The van der Waals surface area contributed by atoms with Crippen LogP contribution in [0.25, 0.3) is 6.08 Å². The summed E-state index contributed by atoms with van der Waals surface area (Å²) in [6, 6.07) is 15.3. The predicted molar refractivity (Wildman–Crippen MR) is 102 cm³/mol. The van der Waals surface area contributed by atoms with Gasteiger partial charge in [-0.3, -0.25) is 10.1 Å². The Bertz CT molecular complexity index is 739. The molecule has 2 rings (SSSR count). The van der Waals surface area contributed by atoms with Crippen LogP contribution in [0.5, 0.6) is 5.75 Å². The van der Waals surface area contributed by atoms with Gasteiger partial charge in [-0.2, -0.15) is 0 Å². The number of aryl methyl sites for hydroxylation is 1. The molecule has 0 atom stereocenters. The number of carbonyl (C=O) groups is 1. The normalized spacial score (nSPS) is 10.4. The highest BCUT2D eigenvalue weighted by molar-refractivity contribution is 7.80. The fourth-order valence-corrected chi connectivity index (χ4v) is 2.27. The molecule has 0 aromatic heterocycles. The number of hydrogen-bond acceptors (Lipinski definition) is 3. The lowest BCUT2D eigenvalue weighted by atomic mass is 10.2. The standard InChI is InChI=1S/C19H20N2O2S/c1-3-23-17-10-7-15(8-11-17)9-12-18(22)21-19(24)20-16-6-4-5-14(2)13-16/h4-13H,3H2,1-2H3,(H2,20,21,22,24)/b12-9+. The molecule has 4 nitrogen and oxygen atoms in total. The molecule has 0 saturated carbocycles. The second kappa shape index (κ2) is 8.84. The lowest BCUT2D eigenvalue weighted by Crippen LogP contribution is -2.32. The Balaban J connectivity index is 1.86. The maximum Gasteiger partial charge on any atom is 0.250 e. The summed E-state index contributed by atoms with van der Waals surface area (Å²) in [4.78, 5) is 11.9. The lowest BCUT2D eigenvalue weighted by molar-refractivity contribution is -0.115. The Hall–Kier alpha value is -2.66. The summed E-state index contributed by atoms with van der Waals surface area (Å²) >= 11 is 5.14. The zero-order valence-electron chi connectivity index (χ0n) is 13.7. The largest absolute Gasteiger partial charge is 0.494 e. The smallest absolute Gasteiger partial charge is 0.250 e. The van der Waals surface area contributed by atoms with E-state index in [1.807, 2.05) is 62.4 Å². The number of ether oxygens (including phenoxy) is 1. The van der Waals surface area contributed by atoms with Gasteiger partial charge in [0.05, 0.1) is 6.61 Å². The van der Waals surface area contributed by atoms with E-state index in [1.54, 1.807) is 6.08 Å². The Kier molecular flexibility index (Phi) is 6.51. The Morgan fingerprint density at radius 3 is 2.62 bits per heavy atom. The van der Waals surface area contributed by atoms with Crippen LogP contribution in [0.4, 0.5) is 5.69 Å². The number of rotatable bonds is 5. The van der Waals surface area contributed by atoms with Crippen LogP contribution < -0.4 is 15.4 Å². The molecule has 0 saturated heterocycles. The van der Waals surface area contributed by atoms with Gasteiger partial charge in [0.15, 0.2) is 5.11 Å². The van der Waals surface area contributed by atoms with Crippen LogP contribution in [0.3, 0.4) is 0 Å². The second-order valence-electron chi connectivity index (χ2n) is 5.15.